The molecule has 3 aliphatic rings. The van der Waals surface area contributed by atoms with E-state index in [4.69, 9.17) is 19.1 Å². The third-order valence-corrected chi connectivity index (χ3v) is 19.9. The van der Waals surface area contributed by atoms with E-state index < -0.39 is 48.6 Å². The van der Waals surface area contributed by atoms with E-state index in [-0.39, 0.29) is 6.04 Å². The van der Waals surface area contributed by atoms with Crippen molar-refractivity contribution in [2.45, 2.75) is 127 Å². The van der Waals surface area contributed by atoms with Crippen LogP contribution in [0.1, 0.15) is 138 Å². The molecule has 2 aromatic carbocycles. The van der Waals surface area contributed by atoms with Crippen LogP contribution in [0.5, 0.6) is 0 Å². The average molecular weight is 738 g/mol. The molecule has 52 heavy (non-hydrogen) atoms. The number of aromatic nitrogens is 4. The van der Waals surface area contributed by atoms with Gasteiger partial charge in [-0.05, 0) is 86.0 Å². The fraction of sp³-hybridized carbons (Fsp3) is 0.524. The van der Waals surface area contributed by atoms with Gasteiger partial charge >= 0.3 is 0 Å². The Bertz CT molecular complexity index is 2170. The lowest BCUT2D eigenvalue weighted by Gasteiger charge is -2.46. The number of carbonyl (C=O) groups excluding carboxylic acids is 1. The molecule has 8 nitrogen and oxygen atoms in total. The molecule has 2 bridgehead atoms. The van der Waals surface area contributed by atoms with Gasteiger partial charge in [0.15, 0.2) is 5.82 Å². The molecular weight excluding hydrogens is 681 g/mol. The lowest BCUT2D eigenvalue weighted by Crippen LogP contribution is -2.58. The van der Waals surface area contributed by atoms with Crippen LogP contribution in [0.15, 0.2) is 48.8 Å². The largest absolute Gasteiger partial charge is 0.598 e. The summed E-state index contributed by atoms with van der Waals surface area (Å²) in [6, 6.07) is 10.5. The second-order valence-electron chi connectivity index (χ2n) is 17.3. The highest BCUT2D eigenvalue weighted by atomic mass is 32.2. The van der Waals surface area contributed by atoms with Crippen molar-refractivity contribution >= 4 is 36.4 Å². The molecule has 0 saturated heterocycles. The molecule has 1 fully saturated rings. The molecule has 4 heterocycles. The number of nitrogens with zero attached hydrogens (tertiary/aromatic N) is 5. The molecule has 1 N–H and O–H groups in total. The first kappa shape index (κ1) is 33.1. The number of fused-ring (bicyclic) bond motifs is 9. The summed E-state index contributed by atoms with van der Waals surface area (Å²) >= 11 is -1.27. The first-order valence-corrected chi connectivity index (χ1v) is 22.1. The minimum atomic E-state index is -2.67. The van der Waals surface area contributed by atoms with Crippen LogP contribution in [0.25, 0.3) is 22.2 Å². The Labute approximate surface area is 318 Å². The first-order chi connectivity index (χ1) is 25.7. The van der Waals surface area contributed by atoms with E-state index in [1.807, 2.05) is 57.4 Å². The van der Waals surface area contributed by atoms with Gasteiger partial charge in [-0.3, -0.25) is 4.79 Å². The van der Waals surface area contributed by atoms with E-state index >= 15 is 0 Å². The van der Waals surface area contributed by atoms with E-state index in [2.05, 4.69) is 75.3 Å². The number of hydrogen-bond donors (Lipinski definition) is 1. The van der Waals surface area contributed by atoms with E-state index in [0.717, 1.165) is 51.0 Å². The zero-order valence-electron chi connectivity index (χ0n) is 35.2. The fourth-order valence-electron chi connectivity index (χ4n) is 9.34. The summed E-state index contributed by atoms with van der Waals surface area (Å²) in [7, 11) is -2.13. The predicted molar refractivity (Wildman–Crippen MR) is 214 cm³/mol. The number of rotatable bonds is 7. The molecule has 1 aliphatic carbocycles. The van der Waals surface area contributed by atoms with Crippen LogP contribution in [-0.4, -0.2) is 54.7 Å². The molecule has 0 radical (unpaired) electrons. The van der Waals surface area contributed by atoms with Gasteiger partial charge in [-0.25, -0.2) is 15.0 Å². The Kier molecular flexibility index (Phi) is 8.35. The van der Waals surface area contributed by atoms with E-state index in [1.165, 1.54) is 0 Å². The highest BCUT2D eigenvalue weighted by molar-refractivity contribution is 7.90. The van der Waals surface area contributed by atoms with Gasteiger partial charge in [-0.15, -0.1) is 10.3 Å². The van der Waals surface area contributed by atoms with Crippen molar-refractivity contribution in [3.05, 3.63) is 77.1 Å². The van der Waals surface area contributed by atoms with Crippen LogP contribution in [0.3, 0.4) is 0 Å². The SMILES string of the molecule is [2H]C([2H])([2H])N1C(=O)c2cccc(C#C[Si](C(C)C)(C(C)C)C(C)C)c2[C@H]2C[C@@H]1c1nc3ccc(-c4cnc(C5(N[S+]([O-])C(C)(C)C)CC(C)C5)nc4)cc3n12. The van der Waals surface area contributed by atoms with Crippen molar-refractivity contribution in [1.82, 2.24) is 29.1 Å². The maximum Gasteiger partial charge on any atom is 0.254 e. The topological polar surface area (TPSA) is 99.0 Å². The molecule has 7 rings (SSSR count). The van der Waals surface area contributed by atoms with Gasteiger partial charge in [-0.2, -0.15) is 0 Å². The Morgan fingerprint density at radius 3 is 2.29 bits per heavy atom. The van der Waals surface area contributed by atoms with E-state index in [0.29, 0.717) is 46.2 Å². The Hall–Kier alpha value is -3.49. The second-order valence-corrected chi connectivity index (χ2v) is 24.8. The molecule has 2 aromatic heterocycles. The molecule has 3 atom stereocenters. The smallest absolute Gasteiger partial charge is 0.254 e. The molecule has 274 valence electrons. The van der Waals surface area contributed by atoms with Gasteiger partial charge in [0.1, 0.15) is 24.2 Å². The number of hydrogen-bond acceptors (Lipinski definition) is 6. The van der Waals surface area contributed by atoms with Crippen molar-refractivity contribution in [3.63, 3.8) is 0 Å². The summed E-state index contributed by atoms with van der Waals surface area (Å²) in [4.78, 5) is 30.1. The number of benzene rings is 2. The maximum absolute atomic E-state index is 14.3. The lowest BCUT2D eigenvalue weighted by molar-refractivity contribution is 0.0734. The fourth-order valence-corrected chi connectivity index (χ4v) is 15.5. The van der Waals surface area contributed by atoms with Gasteiger partial charge in [-0.1, -0.05) is 66.5 Å². The molecule has 1 unspecified atom stereocenters. The molecule has 1 saturated carbocycles. The van der Waals surface area contributed by atoms with Crippen LogP contribution in [0, 0.1) is 17.4 Å². The number of imidazole rings is 1. The van der Waals surface area contributed by atoms with Crippen molar-refractivity contribution in [1.29, 1.82) is 0 Å². The van der Waals surface area contributed by atoms with Crippen molar-refractivity contribution in [3.8, 4) is 22.6 Å². The Morgan fingerprint density at radius 1 is 1.02 bits per heavy atom. The van der Waals surface area contributed by atoms with Gasteiger partial charge in [0.25, 0.3) is 5.91 Å². The maximum atomic E-state index is 14.3. The number of carbonyl (C=O) groups is 1. The van der Waals surface area contributed by atoms with Crippen LogP contribution in [0.2, 0.25) is 16.6 Å². The predicted octanol–water partition coefficient (Wildman–Crippen LogP) is 8.86. The van der Waals surface area contributed by atoms with E-state index in [1.54, 1.807) is 6.07 Å². The first-order valence-electron chi connectivity index (χ1n) is 20.2. The van der Waals surface area contributed by atoms with Crippen molar-refractivity contribution < 1.29 is 13.5 Å². The van der Waals surface area contributed by atoms with Crippen LogP contribution >= 0.6 is 0 Å². The minimum absolute atomic E-state index is 0.348. The third-order valence-electron chi connectivity index (χ3n) is 11.9. The second kappa shape index (κ2) is 13.1. The van der Waals surface area contributed by atoms with E-state index in [9.17, 15) is 9.35 Å². The quantitative estimate of drug-likeness (QED) is 0.116. The molecule has 1 amide bonds. The minimum Gasteiger partial charge on any atom is -0.598 e. The standard InChI is InChI=1S/C42H54N6O2SSi/c1-25(2)52(26(3)4,27(5)6)18-17-29-13-12-14-32-37(29)35-20-36(47(11)39(32)49)38-45-33-16-15-30(19-34(33)48(35)38)31-23-43-40(44-24-31)42(21-28(7)22-42)46-51(50)41(8,9)10/h12-16,19,23-28,35-36,46H,20-22H2,1-11H3/t28?,35-,36-,42?,51?/m1/s1/i11D3. The molecule has 0 spiro atoms. The summed E-state index contributed by atoms with van der Waals surface area (Å²) in [6.45, 7) is 19.1. The summed E-state index contributed by atoms with van der Waals surface area (Å²) in [5.74, 6) is 4.79. The van der Waals surface area contributed by atoms with Crippen LogP contribution < -0.4 is 4.72 Å². The van der Waals surface area contributed by atoms with Crippen molar-refractivity contribution in [2.75, 3.05) is 6.98 Å². The number of amides is 1. The molecule has 10 heteroatoms. The van der Waals surface area contributed by atoms with Crippen LogP contribution in [0.4, 0.5) is 0 Å². The highest BCUT2D eigenvalue weighted by Gasteiger charge is 2.51. The summed E-state index contributed by atoms with van der Waals surface area (Å²) in [5, 5.41) is 0. The molecular formula is C42H54N6O2SSi. The number of nitrogens with one attached hydrogen (secondary N) is 1. The summed E-state index contributed by atoms with van der Waals surface area (Å²) in [5.41, 5.74) is 9.81. The molecule has 2 aliphatic heterocycles. The average Bonchev–Trinajstić information content (AvgIpc) is 3.59. The highest BCUT2D eigenvalue weighted by Crippen LogP contribution is 2.49. The zero-order valence-corrected chi connectivity index (χ0v) is 34.0. The monoisotopic (exact) mass is 737 g/mol. The Morgan fingerprint density at radius 2 is 1.69 bits per heavy atom. The van der Waals surface area contributed by atoms with Gasteiger partial charge < -0.3 is 14.0 Å². The zero-order chi connectivity index (χ0) is 40.0. The van der Waals surface area contributed by atoms with Crippen molar-refractivity contribution in [2.24, 2.45) is 5.92 Å². The molecule has 4 aromatic rings. The summed E-state index contributed by atoms with van der Waals surface area (Å²) in [6.07, 6.45) is 5.66. The van der Waals surface area contributed by atoms with Gasteiger partial charge in [0.05, 0.1) is 23.1 Å². The van der Waals surface area contributed by atoms with Gasteiger partial charge in [0.2, 0.25) is 0 Å². The summed E-state index contributed by atoms with van der Waals surface area (Å²) < 4.78 is 43.8. The van der Waals surface area contributed by atoms with Crippen LogP contribution in [-0.2, 0) is 16.9 Å². The third kappa shape index (κ3) is 5.83. The Balaban J connectivity index is 1.35. The van der Waals surface area contributed by atoms with Gasteiger partial charge in [0, 0.05) is 63.5 Å². The normalized spacial score (nSPS) is 24.5. The lowest BCUT2D eigenvalue weighted by atomic mass is 9.69.